The molecule has 0 aromatic heterocycles. The second kappa shape index (κ2) is 9.19. The van der Waals surface area contributed by atoms with E-state index in [0.717, 1.165) is 11.8 Å². The second-order valence-corrected chi connectivity index (χ2v) is 11.3. The van der Waals surface area contributed by atoms with Crippen molar-refractivity contribution in [1.29, 1.82) is 0 Å². The van der Waals surface area contributed by atoms with Gasteiger partial charge in [-0.1, -0.05) is 25.1 Å². The number of aliphatic hydroxyl groups excluding tert-OH is 1. The lowest BCUT2D eigenvalue weighted by atomic mass is 9.95. The van der Waals surface area contributed by atoms with Crippen LogP contribution in [0.15, 0.2) is 47.4 Å². The van der Waals surface area contributed by atoms with E-state index in [2.05, 4.69) is 10.0 Å². The Kier molecular flexibility index (Phi) is 7.07. The van der Waals surface area contributed by atoms with Gasteiger partial charge in [0.05, 0.1) is 24.6 Å². The van der Waals surface area contributed by atoms with Crippen LogP contribution in [0.1, 0.15) is 43.0 Å². The van der Waals surface area contributed by atoms with Gasteiger partial charge in [-0.15, -0.1) is 0 Å². The molecule has 1 aliphatic carbocycles. The number of benzene rings is 2. The zero-order valence-electron chi connectivity index (χ0n) is 18.2. The van der Waals surface area contributed by atoms with Crippen molar-refractivity contribution in [1.82, 2.24) is 5.32 Å². The molecule has 1 aliphatic rings. The molecule has 0 spiro atoms. The summed E-state index contributed by atoms with van der Waals surface area (Å²) in [6, 6.07) is 10.5. The Bertz CT molecular complexity index is 1140. The molecule has 0 bridgehead atoms. The monoisotopic (exact) mass is 502 g/mol. The second-order valence-electron chi connectivity index (χ2n) is 8.43. The highest BCUT2D eigenvalue weighted by atomic mass is 32.2. The normalized spacial score (nSPS) is 21.4. The van der Waals surface area contributed by atoms with Gasteiger partial charge in [0.25, 0.3) is 0 Å². The first-order valence-electron chi connectivity index (χ1n) is 10.1. The zero-order chi connectivity index (χ0) is 24.6. The molecule has 2 aromatic carbocycles. The third-order valence-corrected chi connectivity index (χ3v) is 7.08. The quantitative estimate of drug-likeness (QED) is 0.468. The van der Waals surface area contributed by atoms with Crippen molar-refractivity contribution in [2.45, 2.75) is 48.7 Å². The van der Waals surface area contributed by atoms with Gasteiger partial charge < -0.3 is 10.4 Å². The van der Waals surface area contributed by atoms with Crippen molar-refractivity contribution in [3.05, 3.63) is 59.2 Å². The molecule has 1 fully saturated rings. The first kappa shape index (κ1) is 25.4. The van der Waals surface area contributed by atoms with Crippen LogP contribution in [0.5, 0.6) is 0 Å². The molecule has 3 rings (SSSR count). The lowest BCUT2D eigenvalue weighted by Crippen LogP contribution is -2.30. The number of rotatable bonds is 8. The number of thioether (sulfide) groups is 1. The summed E-state index contributed by atoms with van der Waals surface area (Å²) in [5.74, 6) is -0.493. The fraction of sp³-hybridized carbons (Fsp3) is 0.409. The minimum Gasteiger partial charge on any atom is -0.392 e. The van der Waals surface area contributed by atoms with Gasteiger partial charge in [0.1, 0.15) is 0 Å². The molecule has 1 saturated carbocycles. The zero-order valence-corrected chi connectivity index (χ0v) is 19.9. The minimum atomic E-state index is -4.35. The Balaban J connectivity index is 1.66. The van der Waals surface area contributed by atoms with Crippen LogP contribution in [0.2, 0.25) is 0 Å². The van der Waals surface area contributed by atoms with Crippen molar-refractivity contribution >= 4 is 33.4 Å². The number of carbonyl (C=O) groups is 1. The Morgan fingerprint density at radius 2 is 1.88 bits per heavy atom. The number of alkyl halides is 3. The first-order chi connectivity index (χ1) is 15.2. The van der Waals surface area contributed by atoms with E-state index in [-0.39, 0.29) is 40.8 Å². The summed E-state index contributed by atoms with van der Waals surface area (Å²) in [5, 5.41) is 12.5. The van der Waals surface area contributed by atoms with Crippen molar-refractivity contribution in [2.24, 2.45) is 5.92 Å². The number of nitrogens with one attached hydrogen (secondary N) is 2. The van der Waals surface area contributed by atoms with Crippen LogP contribution in [0.3, 0.4) is 0 Å². The van der Waals surface area contributed by atoms with Crippen LogP contribution < -0.4 is 10.0 Å². The van der Waals surface area contributed by atoms with E-state index in [1.165, 1.54) is 18.2 Å². The van der Waals surface area contributed by atoms with E-state index >= 15 is 0 Å². The summed E-state index contributed by atoms with van der Waals surface area (Å²) in [7, 11) is -3.50. The van der Waals surface area contributed by atoms with Crippen LogP contribution >= 0.6 is 11.8 Å². The molecule has 11 heteroatoms. The Morgan fingerprint density at radius 3 is 2.42 bits per heavy atom. The average Bonchev–Trinajstić information content (AvgIpc) is 3.39. The largest absolute Gasteiger partial charge is 0.446 e. The van der Waals surface area contributed by atoms with Crippen LogP contribution in [-0.4, -0.2) is 31.2 Å². The van der Waals surface area contributed by atoms with Crippen molar-refractivity contribution in [2.75, 3.05) is 11.0 Å². The predicted octanol–water partition coefficient (Wildman–Crippen LogP) is 4.32. The number of hydrogen-bond acceptors (Lipinski definition) is 5. The maximum absolute atomic E-state index is 12.8. The Hall–Kier alpha value is -2.24. The van der Waals surface area contributed by atoms with Crippen molar-refractivity contribution in [3.8, 4) is 0 Å². The molecule has 1 amide bonds. The lowest BCUT2D eigenvalue weighted by Gasteiger charge is -2.18. The summed E-state index contributed by atoms with van der Waals surface area (Å²) in [6.45, 7) is 3.31. The number of aliphatic hydroxyl groups is 1. The number of amides is 1. The van der Waals surface area contributed by atoms with Crippen LogP contribution in [0.25, 0.3) is 0 Å². The van der Waals surface area contributed by atoms with E-state index in [9.17, 15) is 31.5 Å². The molecule has 3 N–H and O–H groups in total. The van der Waals surface area contributed by atoms with Crippen molar-refractivity contribution < 1.29 is 31.5 Å². The summed E-state index contributed by atoms with van der Waals surface area (Å²) in [4.78, 5) is 12.9. The third kappa shape index (κ3) is 6.42. The summed E-state index contributed by atoms with van der Waals surface area (Å²) in [6.07, 6.45) is 1.59. The molecule has 0 radical (unpaired) electrons. The van der Waals surface area contributed by atoms with Gasteiger partial charge in [-0.25, -0.2) is 8.42 Å². The van der Waals surface area contributed by atoms with Crippen LogP contribution in [-0.2, 0) is 26.8 Å². The van der Waals surface area contributed by atoms with E-state index in [4.69, 9.17) is 0 Å². The highest BCUT2D eigenvalue weighted by molar-refractivity contribution is 8.00. The van der Waals surface area contributed by atoms with E-state index < -0.39 is 27.0 Å². The summed E-state index contributed by atoms with van der Waals surface area (Å²) in [5.41, 5.74) is -2.65. The lowest BCUT2D eigenvalue weighted by molar-refractivity contribution is -0.123. The molecule has 33 heavy (non-hydrogen) atoms. The number of carbonyl (C=O) groups excluding carboxylic acids is 1. The molecule has 6 nitrogen and oxygen atoms in total. The fourth-order valence-corrected chi connectivity index (χ4v) is 4.95. The first-order valence-corrected chi connectivity index (χ1v) is 12.8. The van der Waals surface area contributed by atoms with Gasteiger partial charge >= 0.3 is 5.51 Å². The highest BCUT2D eigenvalue weighted by Gasteiger charge is 2.55. The average molecular weight is 503 g/mol. The summed E-state index contributed by atoms with van der Waals surface area (Å²) < 4.78 is 62.9. The number of anilines is 1. The van der Waals surface area contributed by atoms with Gasteiger partial charge in [0.15, 0.2) is 0 Å². The standard InChI is InChI=1S/C22H25F3N2O4S2/c1-13(14-4-9-19(15(10-14)12-28)27-33(3,30)31)26-20(29)18-11-21(18,2)16-5-7-17(8-6-16)32-22(23,24)25/h4-10,13,18,27-28H,11-12H2,1-3H3,(H,26,29)/t13?,18-,21?/m0/s1. The smallest absolute Gasteiger partial charge is 0.392 e. The van der Waals surface area contributed by atoms with Gasteiger partial charge in [0.2, 0.25) is 15.9 Å². The maximum atomic E-state index is 12.8. The van der Waals surface area contributed by atoms with Gasteiger partial charge in [0, 0.05) is 21.8 Å². The van der Waals surface area contributed by atoms with Gasteiger partial charge in [-0.2, -0.15) is 13.2 Å². The minimum absolute atomic E-state index is 0.0959. The van der Waals surface area contributed by atoms with Crippen LogP contribution in [0.4, 0.5) is 18.9 Å². The molecule has 0 aliphatic heterocycles. The molecule has 0 heterocycles. The molecule has 2 unspecified atom stereocenters. The molecule has 180 valence electrons. The number of hydrogen-bond donors (Lipinski definition) is 3. The van der Waals surface area contributed by atoms with Crippen molar-refractivity contribution in [3.63, 3.8) is 0 Å². The van der Waals surface area contributed by atoms with E-state index in [1.807, 2.05) is 6.92 Å². The summed E-state index contributed by atoms with van der Waals surface area (Å²) >= 11 is -0.175. The maximum Gasteiger partial charge on any atom is 0.446 e. The van der Waals surface area contributed by atoms with Gasteiger partial charge in [-0.05, 0) is 60.5 Å². The van der Waals surface area contributed by atoms with E-state index in [1.54, 1.807) is 31.2 Å². The number of halogens is 3. The molecule has 3 atom stereocenters. The third-order valence-electron chi connectivity index (χ3n) is 5.75. The van der Waals surface area contributed by atoms with Gasteiger partial charge in [-0.3, -0.25) is 9.52 Å². The molecular formula is C22H25F3N2O4S2. The Labute approximate surface area is 195 Å². The number of sulfonamides is 1. The fourth-order valence-electron chi connectivity index (χ4n) is 3.81. The topological polar surface area (TPSA) is 95.5 Å². The highest BCUT2D eigenvalue weighted by Crippen LogP contribution is 2.54. The van der Waals surface area contributed by atoms with Crippen LogP contribution in [0, 0.1) is 5.92 Å². The Morgan fingerprint density at radius 1 is 1.24 bits per heavy atom. The molecule has 0 saturated heterocycles. The van der Waals surface area contributed by atoms with E-state index in [0.29, 0.717) is 17.5 Å². The molecule has 2 aromatic rings. The molecular weight excluding hydrogens is 477 g/mol. The predicted molar refractivity (Wildman–Crippen MR) is 121 cm³/mol. The SMILES string of the molecule is CC(NC(=O)[C@@H]1CC1(C)c1ccc(SC(F)(F)F)cc1)c1ccc(NS(C)(=O)=O)c(CO)c1.